The van der Waals surface area contributed by atoms with Gasteiger partial charge in [-0.2, -0.15) is 13.2 Å². The van der Waals surface area contributed by atoms with Gasteiger partial charge in [-0.05, 0) is 43.3 Å². The van der Waals surface area contributed by atoms with Crippen LogP contribution in [0.15, 0.2) is 36.4 Å². The summed E-state index contributed by atoms with van der Waals surface area (Å²) in [5.74, 6) is -3.49. The van der Waals surface area contributed by atoms with Crippen molar-refractivity contribution in [1.82, 2.24) is 4.98 Å². The van der Waals surface area contributed by atoms with Gasteiger partial charge in [0.25, 0.3) is 5.91 Å². The maximum Gasteiger partial charge on any atom is 0.416 e. The van der Waals surface area contributed by atoms with Crippen molar-refractivity contribution >= 4 is 49.9 Å². The second-order valence-electron chi connectivity index (χ2n) is 7.52. The molecular formula is C21H20F3N5O4S. The maximum atomic E-state index is 13.1. The number of amides is 1. The van der Waals surface area contributed by atoms with E-state index in [4.69, 9.17) is 10.5 Å². The van der Waals surface area contributed by atoms with Crippen molar-refractivity contribution in [2.45, 2.75) is 25.0 Å². The van der Waals surface area contributed by atoms with Gasteiger partial charge in [0.2, 0.25) is 5.79 Å². The van der Waals surface area contributed by atoms with E-state index in [1.807, 2.05) is 0 Å². The lowest BCUT2D eigenvalue weighted by molar-refractivity contribution is -0.137. The molecule has 1 amide bonds. The van der Waals surface area contributed by atoms with E-state index in [2.05, 4.69) is 15.6 Å². The lowest BCUT2D eigenvalue weighted by Crippen LogP contribution is -2.68. The van der Waals surface area contributed by atoms with Gasteiger partial charge in [0.15, 0.2) is 11.2 Å². The first-order valence-electron chi connectivity index (χ1n) is 10.0. The number of carboxylic acid groups (broad SMARTS) is 1. The largest absolute Gasteiger partial charge is 0.478 e. The van der Waals surface area contributed by atoms with Crippen molar-refractivity contribution in [3.05, 3.63) is 47.5 Å². The van der Waals surface area contributed by atoms with Crippen molar-refractivity contribution in [2.24, 2.45) is 5.73 Å². The van der Waals surface area contributed by atoms with Crippen LogP contribution in [0, 0.1) is 0 Å². The summed E-state index contributed by atoms with van der Waals surface area (Å²) in [5.41, 5.74) is 6.15. The fraction of sp³-hybridized carbons (Fsp3) is 0.286. The zero-order valence-electron chi connectivity index (χ0n) is 17.9. The molecular weight excluding hydrogens is 475 g/mol. The summed E-state index contributed by atoms with van der Waals surface area (Å²) >= 11 is 0.961. The van der Waals surface area contributed by atoms with Crippen molar-refractivity contribution in [3.8, 4) is 0 Å². The number of fused-ring (bicyclic) bond motifs is 2. The number of hydrogen-bond donors (Lipinski definition) is 4. The number of aromatic nitrogens is 1. The third-order valence-corrected chi connectivity index (χ3v) is 6.42. The number of halogens is 3. The molecule has 2 unspecified atom stereocenters. The van der Waals surface area contributed by atoms with Gasteiger partial charge in [0.1, 0.15) is 0 Å². The molecule has 1 aromatic heterocycles. The molecule has 0 bridgehead atoms. The summed E-state index contributed by atoms with van der Waals surface area (Å²) in [6.07, 6.45) is -5.80. The molecule has 180 valence electrons. The average Bonchev–Trinajstić information content (AvgIpc) is 3.29. The van der Waals surface area contributed by atoms with Crippen molar-refractivity contribution < 1.29 is 32.6 Å². The van der Waals surface area contributed by atoms with Gasteiger partial charge in [-0.25, -0.2) is 9.78 Å². The molecule has 2 atom stereocenters. The molecule has 2 aromatic carbocycles. The Hall–Kier alpha value is -3.58. The molecule has 0 fully saturated rings. The van der Waals surface area contributed by atoms with E-state index >= 15 is 0 Å². The van der Waals surface area contributed by atoms with Crippen LogP contribution in [0.5, 0.6) is 0 Å². The Labute approximate surface area is 195 Å². The number of nitrogens with zero attached hydrogens (tertiary/aromatic N) is 2. The molecule has 13 heteroatoms. The first-order valence-corrected chi connectivity index (χ1v) is 10.8. The predicted molar refractivity (Wildman–Crippen MR) is 121 cm³/mol. The summed E-state index contributed by atoms with van der Waals surface area (Å²) < 4.78 is 45.1. The number of benzene rings is 2. The summed E-state index contributed by atoms with van der Waals surface area (Å²) in [6, 6.07) is 7.62. The van der Waals surface area contributed by atoms with E-state index < -0.39 is 35.5 Å². The second-order valence-corrected chi connectivity index (χ2v) is 8.55. The lowest BCUT2D eigenvalue weighted by atomic mass is 10.1. The Morgan fingerprint density at radius 3 is 2.65 bits per heavy atom. The number of likely N-dealkylation sites (N-methyl/N-ethyl adjacent to an activating group) is 1. The van der Waals surface area contributed by atoms with Gasteiger partial charge < -0.3 is 31.1 Å². The number of anilines is 3. The molecule has 2 heterocycles. The SMILES string of the molecule is CCN1c2ccc(C(=O)O)cc2NC1(Nc1nc2ccc(C(F)(F)F)cc2s1)C(OC)C(N)=O. The number of nitrogens with two attached hydrogens (primary N) is 1. The predicted octanol–water partition coefficient (Wildman–Crippen LogP) is 3.53. The van der Waals surface area contributed by atoms with Crippen LogP contribution in [0.4, 0.5) is 29.7 Å². The zero-order valence-corrected chi connectivity index (χ0v) is 18.8. The molecule has 4 rings (SSSR count). The summed E-state index contributed by atoms with van der Waals surface area (Å²) in [5, 5.41) is 15.8. The number of alkyl halides is 3. The smallest absolute Gasteiger partial charge is 0.416 e. The molecule has 0 spiro atoms. The molecule has 1 aliphatic heterocycles. The standard InChI is InChI=1S/C21H20F3N5O4S/c1-3-29-14-7-4-10(18(31)32)8-13(14)27-21(29,16(33-2)17(25)30)28-19-26-12-6-5-11(20(22,23)24)9-15(12)34-19/h4-9,16,27H,3H2,1-2H3,(H2,25,30)(H,26,28)(H,31,32). The van der Waals surface area contributed by atoms with Crippen LogP contribution in [-0.4, -0.2) is 47.5 Å². The van der Waals surface area contributed by atoms with Gasteiger partial charge in [-0.3, -0.25) is 4.79 Å². The minimum absolute atomic E-state index is 0.0193. The molecule has 0 aliphatic carbocycles. The fourth-order valence-corrected chi connectivity index (χ4v) is 5.03. The first kappa shape index (κ1) is 23.6. The van der Waals surface area contributed by atoms with Gasteiger partial charge in [0.05, 0.1) is 32.7 Å². The number of nitrogens with one attached hydrogen (secondary N) is 2. The molecule has 0 saturated carbocycles. The first-order chi connectivity index (χ1) is 16.0. The Balaban J connectivity index is 1.82. The third kappa shape index (κ3) is 3.86. The quantitative estimate of drug-likeness (QED) is 0.392. The van der Waals surface area contributed by atoms with Crippen LogP contribution >= 0.6 is 11.3 Å². The van der Waals surface area contributed by atoms with Gasteiger partial charge in [0, 0.05) is 13.7 Å². The topological polar surface area (TPSA) is 130 Å². The van der Waals surface area contributed by atoms with Crippen LogP contribution in [0.2, 0.25) is 0 Å². The summed E-state index contributed by atoms with van der Waals surface area (Å²) in [4.78, 5) is 29.9. The van der Waals surface area contributed by atoms with Crippen molar-refractivity contribution in [1.29, 1.82) is 0 Å². The molecule has 0 radical (unpaired) electrons. The van der Waals surface area contributed by atoms with Gasteiger partial charge in [-0.1, -0.05) is 11.3 Å². The molecule has 1 aliphatic rings. The van der Waals surface area contributed by atoms with Gasteiger partial charge in [-0.15, -0.1) is 0 Å². The molecule has 0 saturated heterocycles. The number of methoxy groups -OCH3 is 1. The third-order valence-electron chi connectivity index (χ3n) is 5.49. The van der Waals surface area contributed by atoms with Crippen LogP contribution in [0.25, 0.3) is 10.2 Å². The Kier molecular flexibility index (Phi) is 5.77. The van der Waals surface area contributed by atoms with E-state index in [0.29, 0.717) is 23.4 Å². The molecule has 5 N–H and O–H groups in total. The summed E-state index contributed by atoms with van der Waals surface area (Å²) in [7, 11) is 1.29. The fourth-order valence-electron chi connectivity index (χ4n) is 4.07. The van der Waals surface area contributed by atoms with E-state index in [0.717, 1.165) is 23.5 Å². The highest BCUT2D eigenvalue weighted by molar-refractivity contribution is 7.22. The van der Waals surface area contributed by atoms with E-state index in [9.17, 15) is 27.9 Å². The lowest BCUT2D eigenvalue weighted by Gasteiger charge is -2.43. The van der Waals surface area contributed by atoms with Crippen molar-refractivity contribution in [3.63, 3.8) is 0 Å². The average molecular weight is 495 g/mol. The van der Waals surface area contributed by atoms with E-state index in [-0.39, 0.29) is 15.4 Å². The van der Waals surface area contributed by atoms with Gasteiger partial charge >= 0.3 is 12.1 Å². The number of thiazole rings is 1. The number of hydrogen-bond acceptors (Lipinski definition) is 8. The molecule has 9 nitrogen and oxygen atoms in total. The van der Waals surface area contributed by atoms with E-state index in [1.165, 1.54) is 25.3 Å². The summed E-state index contributed by atoms with van der Waals surface area (Å²) in [6.45, 7) is 2.13. The minimum atomic E-state index is -4.50. The second kappa shape index (κ2) is 8.33. The zero-order chi connectivity index (χ0) is 24.8. The monoisotopic (exact) mass is 495 g/mol. The number of carboxylic acids is 1. The number of primary amides is 1. The molecule has 34 heavy (non-hydrogen) atoms. The Bertz CT molecular complexity index is 1280. The molecule has 3 aromatic rings. The highest BCUT2D eigenvalue weighted by atomic mass is 32.1. The van der Waals surface area contributed by atoms with Crippen LogP contribution in [0.1, 0.15) is 22.8 Å². The van der Waals surface area contributed by atoms with Crippen molar-refractivity contribution in [2.75, 3.05) is 29.2 Å². The normalized spacial score (nSPS) is 18.4. The Morgan fingerprint density at radius 1 is 1.32 bits per heavy atom. The van der Waals surface area contributed by atoms with Crippen LogP contribution < -0.4 is 21.3 Å². The number of carbonyl (C=O) groups excluding carboxylic acids is 1. The van der Waals surface area contributed by atoms with Crippen LogP contribution in [0.3, 0.4) is 0 Å². The highest BCUT2D eigenvalue weighted by Gasteiger charge is 2.53. The Morgan fingerprint density at radius 2 is 2.06 bits per heavy atom. The number of carbonyl (C=O) groups is 2. The number of rotatable bonds is 7. The highest BCUT2D eigenvalue weighted by Crippen LogP contribution is 2.44. The van der Waals surface area contributed by atoms with E-state index in [1.54, 1.807) is 17.9 Å². The number of aromatic carboxylic acids is 1. The minimum Gasteiger partial charge on any atom is -0.478 e. The van der Waals surface area contributed by atoms with Crippen LogP contribution in [-0.2, 0) is 15.7 Å². The maximum absolute atomic E-state index is 13.1. The number of ether oxygens (including phenoxy) is 1.